The van der Waals surface area contributed by atoms with Gasteiger partial charge < -0.3 is 20.1 Å². The number of para-hydroxylation sites is 1. The topological polar surface area (TPSA) is 72.5 Å². The van der Waals surface area contributed by atoms with Crippen molar-refractivity contribution in [3.8, 4) is 11.5 Å². The van der Waals surface area contributed by atoms with Gasteiger partial charge in [-0.2, -0.15) is 0 Å². The van der Waals surface area contributed by atoms with E-state index in [0.29, 0.717) is 17.8 Å². The van der Waals surface area contributed by atoms with Crippen LogP contribution in [0.5, 0.6) is 11.5 Å². The van der Waals surface area contributed by atoms with Crippen molar-refractivity contribution in [1.29, 1.82) is 0 Å². The van der Waals surface area contributed by atoms with Crippen molar-refractivity contribution in [1.82, 2.24) is 4.98 Å². The highest BCUT2D eigenvalue weighted by atomic mass is 35.5. The molecule has 0 unspecified atom stereocenters. The summed E-state index contributed by atoms with van der Waals surface area (Å²) < 4.78 is 35.2. The van der Waals surface area contributed by atoms with E-state index >= 15 is 0 Å². The Morgan fingerprint density at radius 3 is 2.48 bits per heavy atom. The van der Waals surface area contributed by atoms with Gasteiger partial charge in [-0.3, -0.25) is 9.78 Å². The van der Waals surface area contributed by atoms with E-state index < -0.39 is 12.2 Å². The van der Waals surface area contributed by atoms with Gasteiger partial charge in [-0.25, -0.2) is 0 Å². The maximum absolute atomic E-state index is 13.2. The molecule has 0 saturated carbocycles. The zero-order chi connectivity index (χ0) is 20.4. The van der Waals surface area contributed by atoms with Crippen molar-refractivity contribution in [2.75, 3.05) is 10.6 Å². The van der Waals surface area contributed by atoms with Crippen molar-refractivity contribution < 1.29 is 23.0 Å². The highest BCUT2D eigenvalue weighted by Gasteiger charge is 2.43. The average Bonchev–Trinajstić information content (AvgIpc) is 3.00. The van der Waals surface area contributed by atoms with Gasteiger partial charge in [0.2, 0.25) is 0 Å². The number of alkyl halides is 2. The van der Waals surface area contributed by atoms with Gasteiger partial charge in [-0.15, -0.1) is 8.78 Å². The van der Waals surface area contributed by atoms with Crippen LogP contribution in [-0.2, 0) is 6.54 Å². The molecule has 0 fully saturated rings. The fraction of sp³-hybridized carbons (Fsp3) is 0.100. The largest absolute Gasteiger partial charge is 0.586 e. The summed E-state index contributed by atoms with van der Waals surface area (Å²) in [6.07, 6.45) is -0.403. The van der Waals surface area contributed by atoms with Crippen molar-refractivity contribution >= 4 is 28.9 Å². The van der Waals surface area contributed by atoms with E-state index in [1.165, 1.54) is 12.1 Å². The first kappa shape index (κ1) is 18.9. The molecule has 6 nitrogen and oxygen atoms in total. The molecule has 1 aliphatic heterocycles. The quantitative estimate of drug-likeness (QED) is 0.616. The number of halogens is 3. The van der Waals surface area contributed by atoms with Crippen LogP contribution in [0.3, 0.4) is 0 Å². The average molecular weight is 418 g/mol. The number of nitrogens with zero attached hydrogens (tertiary/aromatic N) is 1. The zero-order valence-corrected chi connectivity index (χ0v) is 15.5. The molecule has 2 N–H and O–H groups in total. The second kappa shape index (κ2) is 7.56. The molecule has 0 spiro atoms. The number of benzene rings is 2. The predicted octanol–water partition coefficient (Wildman–Crippen LogP) is 4.92. The van der Waals surface area contributed by atoms with Gasteiger partial charge in [0.1, 0.15) is 0 Å². The predicted molar refractivity (Wildman–Crippen MR) is 104 cm³/mol. The van der Waals surface area contributed by atoms with E-state index in [2.05, 4.69) is 25.1 Å². The van der Waals surface area contributed by atoms with E-state index in [0.717, 1.165) is 5.56 Å². The number of carbonyl (C=O) groups excluding carboxylic acids is 1. The van der Waals surface area contributed by atoms with Crippen LogP contribution in [0.2, 0.25) is 5.02 Å². The lowest BCUT2D eigenvalue weighted by atomic mass is 10.1. The number of amides is 1. The first-order chi connectivity index (χ1) is 13.9. The van der Waals surface area contributed by atoms with Gasteiger partial charge in [0.25, 0.3) is 5.91 Å². The maximum atomic E-state index is 13.2. The fourth-order valence-electron chi connectivity index (χ4n) is 2.79. The summed E-state index contributed by atoms with van der Waals surface area (Å²) in [5.74, 6) is -0.869. The number of aromatic nitrogens is 1. The number of fused-ring (bicyclic) bond motifs is 1. The summed E-state index contributed by atoms with van der Waals surface area (Å²) in [6.45, 7) is 0.493. The van der Waals surface area contributed by atoms with Crippen LogP contribution >= 0.6 is 11.6 Å². The second-order valence-corrected chi connectivity index (χ2v) is 6.56. The third kappa shape index (κ3) is 4.22. The standard InChI is InChI=1S/C20H14ClF2N3O3/c21-14-9-17-18(29-20(22,23)28-17)10-16(14)26-19(27)13-3-1-2-4-15(13)25-11-12-5-7-24-8-6-12/h1-10,25H,11H2,(H,26,27). The van der Waals surface area contributed by atoms with Gasteiger partial charge in [0.15, 0.2) is 11.5 Å². The first-order valence-electron chi connectivity index (χ1n) is 8.54. The molecule has 0 aliphatic carbocycles. The van der Waals surface area contributed by atoms with Crippen LogP contribution in [0.15, 0.2) is 60.9 Å². The molecule has 4 rings (SSSR count). The molecule has 148 valence electrons. The summed E-state index contributed by atoms with van der Waals surface area (Å²) in [4.78, 5) is 16.8. The second-order valence-electron chi connectivity index (χ2n) is 6.16. The van der Waals surface area contributed by atoms with Crippen LogP contribution in [-0.4, -0.2) is 17.2 Å². The Bertz CT molecular complexity index is 1060. The molecule has 0 radical (unpaired) electrons. The smallest absolute Gasteiger partial charge is 0.395 e. The highest BCUT2D eigenvalue weighted by Crippen LogP contribution is 2.45. The van der Waals surface area contributed by atoms with Crippen LogP contribution in [0.1, 0.15) is 15.9 Å². The molecule has 29 heavy (non-hydrogen) atoms. The Morgan fingerprint density at radius 2 is 1.72 bits per heavy atom. The molecule has 1 aliphatic rings. The summed E-state index contributed by atoms with van der Waals surface area (Å²) in [5, 5.41) is 5.86. The summed E-state index contributed by atoms with van der Waals surface area (Å²) >= 11 is 6.10. The van der Waals surface area contributed by atoms with Crippen LogP contribution in [0.4, 0.5) is 20.2 Å². The minimum absolute atomic E-state index is 0.0422. The third-order valence-corrected chi connectivity index (χ3v) is 4.46. The van der Waals surface area contributed by atoms with Crippen LogP contribution in [0, 0.1) is 0 Å². The van der Waals surface area contributed by atoms with E-state index in [9.17, 15) is 13.6 Å². The Hall–Kier alpha value is -3.39. The number of rotatable bonds is 5. The molecule has 2 aromatic carbocycles. The Labute approximate surface area is 169 Å². The molecule has 1 amide bonds. The van der Waals surface area contributed by atoms with Crippen molar-refractivity contribution in [2.24, 2.45) is 0 Å². The molecule has 0 atom stereocenters. The summed E-state index contributed by atoms with van der Waals surface area (Å²) in [7, 11) is 0. The van der Waals surface area contributed by atoms with Gasteiger partial charge in [-0.1, -0.05) is 23.7 Å². The molecular weight excluding hydrogens is 404 g/mol. The van der Waals surface area contributed by atoms with Gasteiger partial charge >= 0.3 is 6.29 Å². The third-order valence-electron chi connectivity index (χ3n) is 4.14. The molecule has 1 aromatic heterocycles. The van der Waals surface area contributed by atoms with E-state index in [1.807, 2.05) is 12.1 Å². The van der Waals surface area contributed by atoms with Gasteiger partial charge in [0, 0.05) is 36.8 Å². The number of hydrogen-bond donors (Lipinski definition) is 2. The van der Waals surface area contributed by atoms with Gasteiger partial charge in [0.05, 0.1) is 16.3 Å². The van der Waals surface area contributed by atoms with Crippen LogP contribution < -0.4 is 20.1 Å². The summed E-state index contributed by atoms with van der Waals surface area (Å²) in [6, 6.07) is 13.0. The SMILES string of the molecule is O=C(Nc1cc2c(cc1Cl)OC(F)(F)O2)c1ccccc1NCc1ccncc1. The lowest BCUT2D eigenvalue weighted by Crippen LogP contribution is -2.25. The molecular formula is C20H14ClF2N3O3. The van der Waals surface area contributed by atoms with Crippen LogP contribution in [0.25, 0.3) is 0 Å². The van der Waals surface area contributed by atoms with E-state index in [-0.39, 0.29) is 22.2 Å². The Kier molecular flexibility index (Phi) is 4.94. The van der Waals surface area contributed by atoms with E-state index in [1.54, 1.807) is 36.7 Å². The lowest BCUT2D eigenvalue weighted by Gasteiger charge is -2.13. The van der Waals surface area contributed by atoms with Gasteiger partial charge in [-0.05, 0) is 29.8 Å². The van der Waals surface area contributed by atoms with Crippen molar-refractivity contribution in [3.63, 3.8) is 0 Å². The van der Waals surface area contributed by atoms with Crippen molar-refractivity contribution in [3.05, 3.63) is 77.1 Å². The number of anilines is 2. The molecule has 0 saturated heterocycles. The zero-order valence-electron chi connectivity index (χ0n) is 14.8. The number of nitrogens with one attached hydrogen (secondary N) is 2. The molecule has 3 aromatic rings. The highest BCUT2D eigenvalue weighted by molar-refractivity contribution is 6.34. The number of hydrogen-bond acceptors (Lipinski definition) is 5. The number of ether oxygens (including phenoxy) is 2. The lowest BCUT2D eigenvalue weighted by molar-refractivity contribution is -0.286. The Balaban J connectivity index is 1.53. The minimum atomic E-state index is -3.77. The summed E-state index contributed by atoms with van der Waals surface area (Å²) in [5.41, 5.74) is 2.08. The minimum Gasteiger partial charge on any atom is -0.395 e. The number of pyridine rings is 1. The first-order valence-corrected chi connectivity index (χ1v) is 8.92. The molecule has 2 heterocycles. The Morgan fingerprint density at radius 1 is 1.03 bits per heavy atom. The molecule has 9 heteroatoms. The maximum Gasteiger partial charge on any atom is 0.586 e. The fourth-order valence-corrected chi connectivity index (χ4v) is 2.99. The normalized spacial score (nSPS) is 13.8. The monoisotopic (exact) mass is 417 g/mol. The molecule has 0 bridgehead atoms. The van der Waals surface area contributed by atoms with Crippen molar-refractivity contribution in [2.45, 2.75) is 12.8 Å². The van der Waals surface area contributed by atoms with E-state index in [4.69, 9.17) is 11.6 Å². The number of carbonyl (C=O) groups is 1.